The lowest BCUT2D eigenvalue weighted by atomic mass is 10.8. The highest BCUT2D eigenvalue weighted by molar-refractivity contribution is 8.00. The molecule has 0 saturated heterocycles. The Bertz CT molecular complexity index is 194. The van der Waals surface area contributed by atoms with Crippen LogP contribution in [0.5, 0.6) is 0 Å². The second kappa shape index (κ2) is 4.15. The molecule has 0 unspecified atom stereocenters. The van der Waals surface area contributed by atoms with Crippen molar-refractivity contribution in [1.82, 2.24) is 9.84 Å². The van der Waals surface area contributed by atoms with E-state index in [-0.39, 0.29) is 0 Å². The van der Waals surface area contributed by atoms with Gasteiger partial charge in [-0.2, -0.15) is 4.83 Å². The third kappa shape index (κ3) is 2.50. The van der Waals surface area contributed by atoms with Gasteiger partial charge in [-0.3, -0.25) is 0 Å². The maximum atomic E-state index is 5.63. The highest BCUT2D eigenvalue weighted by Gasteiger charge is 2.35. The third-order valence-electron chi connectivity index (χ3n) is 1.07. The smallest absolute Gasteiger partial charge is 0.284 e. The minimum atomic E-state index is -1.52. The number of hydrazine groups is 1. The summed E-state index contributed by atoms with van der Waals surface area (Å²) in [4.78, 5) is 2.77. The van der Waals surface area contributed by atoms with Crippen molar-refractivity contribution in [2.24, 2.45) is 0 Å². The van der Waals surface area contributed by atoms with Crippen molar-refractivity contribution in [3.63, 3.8) is 0 Å². The molecule has 0 aromatic carbocycles. The van der Waals surface area contributed by atoms with Gasteiger partial charge in [0.2, 0.25) is 5.88 Å². The highest BCUT2D eigenvalue weighted by atomic mass is 35.6. The molecule has 1 aliphatic heterocycles. The molecule has 3 nitrogen and oxygen atoms in total. The third-order valence-corrected chi connectivity index (χ3v) is 2.18. The van der Waals surface area contributed by atoms with Gasteiger partial charge < -0.3 is 4.74 Å². The molecule has 0 spiro atoms. The Kier molecular flexibility index (Phi) is 3.67. The normalized spacial score (nSPS) is 18.0. The fraction of sp³-hybridized carbons (Fsp3) is 0.600. The molecule has 0 amide bonds. The lowest BCUT2D eigenvalue weighted by Gasteiger charge is -2.27. The van der Waals surface area contributed by atoms with Gasteiger partial charge >= 0.3 is 0 Å². The van der Waals surface area contributed by atoms with Crippen molar-refractivity contribution < 1.29 is 4.74 Å². The second-order valence-corrected chi connectivity index (χ2v) is 4.78. The van der Waals surface area contributed by atoms with Crippen LogP contribution in [0.15, 0.2) is 11.3 Å². The van der Waals surface area contributed by atoms with Crippen LogP contribution in [0.4, 0.5) is 0 Å². The van der Waals surface area contributed by atoms with Gasteiger partial charge in [0.25, 0.3) is 3.92 Å². The molecule has 0 fully saturated rings. The van der Waals surface area contributed by atoms with Crippen molar-refractivity contribution in [1.29, 1.82) is 0 Å². The molecule has 0 bridgehead atoms. The van der Waals surface area contributed by atoms with E-state index in [0.717, 1.165) is 0 Å². The number of nitrogens with zero attached hydrogens (tertiary/aromatic N) is 1. The molecule has 7 heteroatoms. The van der Waals surface area contributed by atoms with Crippen LogP contribution in [-0.4, -0.2) is 15.5 Å². The fourth-order valence-electron chi connectivity index (χ4n) is 0.650. The van der Waals surface area contributed by atoms with Crippen molar-refractivity contribution in [2.45, 2.75) is 10.8 Å². The monoisotopic (exact) mass is 248 g/mol. The Morgan fingerprint density at radius 3 is 2.83 bits per heavy atom. The minimum absolute atomic E-state index is 0.516. The number of rotatable bonds is 2. The molecule has 1 aliphatic rings. The van der Waals surface area contributed by atoms with E-state index in [1.165, 1.54) is 17.0 Å². The molecule has 0 aromatic rings. The van der Waals surface area contributed by atoms with Gasteiger partial charge in [-0.1, -0.05) is 34.8 Å². The van der Waals surface area contributed by atoms with Crippen LogP contribution in [0.1, 0.15) is 6.92 Å². The van der Waals surface area contributed by atoms with Crippen molar-refractivity contribution in [3.05, 3.63) is 11.3 Å². The van der Waals surface area contributed by atoms with E-state index < -0.39 is 3.92 Å². The van der Waals surface area contributed by atoms with Crippen LogP contribution < -0.4 is 4.83 Å². The second-order valence-electron chi connectivity index (χ2n) is 1.90. The van der Waals surface area contributed by atoms with E-state index in [0.29, 0.717) is 12.5 Å². The summed E-state index contributed by atoms with van der Waals surface area (Å²) in [5, 5.41) is 3.05. The summed E-state index contributed by atoms with van der Waals surface area (Å²) in [6, 6.07) is 0. The Balaban J connectivity index is 2.62. The number of halogens is 3. The molecular formula is C5H7Cl3N2OS. The van der Waals surface area contributed by atoms with E-state index in [9.17, 15) is 0 Å². The first-order valence-electron chi connectivity index (χ1n) is 3.17. The topological polar surface area (TPSA) is 24.5 Å². The molecule has 70 valence electrons. The van der Waals surface area contributed by atoms with Gasteiger partial charge in [0.15, 0.2) is 0 Å². The molecule has 0 atom stereocenters. The molecular weight excluding hydrogens is 242 g/mol. The number of alkyl halides is 3. The van der Waals surface area contributed by atoms with E-state index in [1.807, 2.05) is 6.92 Å². The summed E-state index contributed by atoms with van der Waals surface area (Å²) >= 11 is 18.2. The summed E-state index contributed by atoms with van der Waals surface area (Å²) in [6.07, 6.45) is 0. The summed E-state index contributed by atoms with van der Waals surface area (Å²) in [6.45, 7) is 2.39. The molecule has 12 heavy (non-hydrogen) atoms. The molecule has 1 rings (SSSR count). The first-order chi connectivity index (χ1) is 5.55. The predicted octanol–water partition coefficient (Wildman–Crippen LogP) is 2.62. The number of nitrogens with one attached hydrogen (secondary N) is 1. The standard InChI is InChI=1S/C5H7Cl3N2OS/c1-2-11-4-3-12-9-10(4)5(6,7)8/h3,9H,2H2,1H3. The van der Waals surface area contributed by atoms with Crippen LogP contribution in [0.2, 0.25) is 0 Å². The molecule has 0 saturated carbocycles. The number of hydrogen-bond donors (Lipinski definition) is 1. The Hall–Kier alpha value is 0.520. The predicted molar refractivity (Wildman–Crippen MR) is 52.6 cm³/mol. The highest BCUT2D eigenvalue weighted by Crippen LogP contribution is 2.36. The molecule has 0 aromatic heterocycles. The van der Waals surface area contributed by atoms with Crippen molar-refractivity contribution >= 4 is 46.8 Å². The largest absolute Gasteiger partial charge is 0.478 e. The molecule has 0 radical (unpaired) electrons. The zero-order chi connectivity index (χ0) is 9.19. The van der Waals surface area contributed by atoms with Gasteiger partial charge in [-0.15, -0.1) is 0 Å². The lowest BCUT2D eigenvalue weighted by Crippen LogP contribution is -2.39. The van der Waals surface area contributed by atoms with E-state index in [2.05, 4.69) is 4.83 Å². The van der Waals surface area contributed by atoms with Gasteiger partial charge in [0.1, 0.15) is 0 Å². The number of ether oxygens (including phenoxy) is 1. The fourth-order valence-corrected chi connectivity index (χ4v) is 1.84. The van der Waals surface area contributed by atoms with E-state index >= 15 is 0 Å². The average molecular weight is 250 g/mol. The van der Waals surface area contributed by atoms with Crippen LogP contribution >= 0.6 is 46.8 Å². The Morgan fingerprint density at radius 2 is 2.33 bits per heavy atom. The maximum Gasteiger partial charge on any atom is 0.284 e. The van der Waals surface area contributed by atoms with Crippen LogP contribution in [0, 0.1) is 0 Å². The van der Waals surface area contributed by atoms with Gasteiger partial charge in [-0.25, -0.2) is 5.01 Å². The first-order valence-corrected chi connectivity index (χ1v) is 5.18. The SMILES string of the molecule is CCOC1=CSNN1C(Cl)(Cl)Cl. The Morgan fingerprint density at radius 1 is 1.67 bits per heavy atom. The maximum absolute atomic E-state index is 5.63. The molecule has 0 aliphatic carbocycles. The summed E-state index contributed by atoms with van der Waals surface area (Å²) in [7, 11) is 0. The molecule has 1 N–H and O–H groups in total. The zero-order valence-corrected chi connectivity index (χ0v) is 9.27. The van der Waals surface area contributed by atoms with Crippen molar-refractivity contribution in [3.8, 4) is 0 Å². The van der Waals surface area contributed by atoms with Crippen LogP contribution in [0.25, 0.3) is 0 Å². The van der Waals surface area contributed by atoms with Gasteiger partial charge in [-0.05, 0) is 18.9 Å². The number of hydrogen-bond acceptors (Lipinski definition) is 4. The van der Waals surface area contributed by atoms with Gasteiger partial charge in [0.05, 0.1) is 6.61 Å². The van der Waals surface area contributed by atoms with E-state index in [1.54, 1.807) is 5.41 Å². The molecule has 1 heterocycles. The summed E-state index contributed by atoms with van der Waals surface area (Å²) in [5.41, 5.74) is 0. The summed E-state index contributed by atoms with van der Waals surface area (Å²) in [5.74, 6) is 0.516. The van der Waals surface area contributed by atoms with Crippen LogP contribution in [-0.2, 0) is 4.74 Å². The average Bonchev–Trinajstić information content (AvgIpc) is 2.34. The van der Waals surface area contributed by atoms with E-state index in [4.69, 9.17) is 39.5 Å². The minimum Gasteiger partial charge on any atom is -0.478 e. The Labute approximate surface area is 90.1 Å². The first kappa shape index (κ1) is 10.6. The lowest BCUT2D eigenvalue weighted by molar-refractivity contribution is 0.114. The quantitative estimate of drug-likeness (QED) is 0.462. The van der Waals surface area contributed by atoms with Crippen LogP contribution in [0.3, 0.4) is 0 Å². The zero-order valence-electron chi connectivity index (χ0n) is 6.18. The van der Waals surface area contributed by atoms with Gasteiger partial charge in [0, 0.05) is 5.41 Å². The van der Waals surface area contributed by atoms with Crippen molar-refractivity contribution in [2.75, 3.05) is 6.61 Å². The summed E-state index contributed by atoms with van der Waals surface area (Å²) < 4.78 is 3.67.